The summed E-state index contributed by atoms with van der Waals surface area (Å²) < 4.78 is 2.15. The molecule has 2 rings (SSSR count). The molecule has 2 N–H and O–H groups in total. The summed E-state index contributed by atoms with van der Waals surface area (Å²) in [5.41, 5.74) is 1.61. The molecule has 0 atom stereocenters. The van der Waals surface area contributed by atoms with Gasteiger partial charge in [0, 0.05) is 33.7 Å². The van der Waals surface area contributed by atoms with E-state index in [1.54, 1.807) is 11.3 Å². The molecule has 1 amide bonds. The number of amides is 1. The lowest BCUT2D eigenvalue weighted by Crippen LogP contribution is -2.22. The van der Waals surface area contributed by atoms with Crippen LogP contribution in [-0.4, -0.2) is 12.5 Å². The SMILES string of the molecule is CCNC(=O)c1cccc(NCc2cc(Br)c(Br)s2)c1. The van der Waals surface area contributed by atoms with Gasteiger partial charge in [0.15, 0.2) is 0 Å². The van der Waals surface area contributed by atoms with Crippen molar-refractivity contribution in [2.24, 2.45) is 0 Å². The molecule has 0 fully saturated rings. The Morgan fingerprint density at radius 1 is 1.30 bits per heavy atom. The lowest BCUT2D eigenvalue weighted by molar-refractivity contribution is 0.0956. The third-order valence-corrected chi connectivity index (χ3v) is 5.88. The maximum absolute atomic E-state index is 11.8. The summed E-state index contributed by atoms with van der Waals surface area (Å²) >= 11 is 8.63. The quantitative estimate of drug-likeness (QED) is 0.744. The molecule has 0 aliphatic heterocycles. The number of benzene rings is 1. The van der Waals surface area contributed by atoms with Gasteiger partial charge in [0.05, 0.1) is 3.79 Å². The third-order valence-electron chi connectivity index (χ3n) is 2.63. The second kappa shape index (κ2) is 7.24. The number of anilines is 1. The van der Waals surface area contributed by atoms with Crippen LogP contribution in [-0.2, 0) is 6.54 Å². The number of thiophene rings is 1. The Bertz CT molecular complexity index is 593. The predicted molar refractivity (Wildman–Crippen MR) is 91.5 cm³/mol. The molecule has 1 aromatic carbocycles. The predicted octanol–water partition coefficient (Wildman–Crippen LogP) is 4.63. The molecule has 1 heterocycles. The van der Waals surface area contributed by atoms with Crippen LogP contribution in [0.1, 0.15) is 22.2 Å². The van der Waals surface area contributed by atoms with Crippen molar-refractivity contribution in [2.45, 2.75) is 13.5 Å². The van der Waals surface area contributed by atoms with E-state index in [2.05, 4.69) is 48.6 Å². The van der Waals surface area contributed by atoms with Gasteiger partial charge < -0.3 is 10.6 Å². The zero-order valence-corrected chi connectivity index (χ0v) is 14.9. The Kier molecular flexibility index (Phi) is 5.63. The minimum Gasteiger partial charge on any atom is -0.380 e. The maximum atomic E-state index is 11.8. The normalized spacial score (nSPS) is 10.3. The highest BCUT2D eigenvalue weighted by Crippen LogP contribution is 2.32. The summed E-state index contributed by atoms with van der Waals surface area (Å²) in [5.74, 6) is -0.0437. The molecule has 106 valence electrons. The van der Waals surface area contributed by atoms with Gasteiger partial charge >= 0.3 is 0 Å². The second-order valence-electron chi connectivity index (χ2n) is 4.13. The van der Waals surface area contributed by atoms with Crippen molar-refractivity contribution >= 4 is 54.8 Å². The highest BCUT2D eigenvalue weighted by Gasteiger charge is 2.06. The molecule has 0 saturated carbocycles. The molecule has 0 aliphatic rings. The van der Waals surface area contributed by atoms with E-state index in [9.17, 15) is 4.79 Å². The summed E-state index contributed by atoms with van der Waals surface area (Å²) in [4.78, 5) is 13.0. The van der Waals surface area contributed by atoms with E-state index in [4.69, 9.17) is 0 Å². The minimum absolute atomic E-state index is 0.0437. The van der Waals surface area contributed by atoms with Crippen LogP contribution >= 0.6 is 43.2 Å². The van der Waals surface area contributed by atoms with Crippen LogP contribution in [0.3, 0.4) is 0 Å². The fourth-order valence-electron chi connectivity index (χ4n) is 1.70. The molecule has 0 radical (unpaired) electrons. The molecular weight excluding hydrogens is 404 g/mol. The number of hydrogen-bond donors (Lipinski definition) is 2. The minimum atomic E-state index is -0.0437. The van der Waals surface area contributed by atoms with Gasteiger partial charge in [-0.1, -0.05) is 6.07 Å². The fourth-order valence-corrected chi connectivity index (χ4v) is 3.82. The van der Waals surface area contributed by atoms with Gasteiger partial charge in [0.25, 0.3) is 5.91 Å². The van der Waals surface area contributed by atoms with Gasteiger partial charge in [-0.2, -0.15) is 0 Å². The third kappa shape index (κ3) is 4.07. The number of carbonyl (C=O) groups excluding carboxylic acids is 1. The van der Waals surface area contributed by atoms with E-state index >= 15 is 0 Å². The Hall–Kier alpha value is -0.850. The first-order valence-corrected chi connectivity index (χ1v) is 8.56. The van der Waals surface area contributed by atoms with E-state index in [1.807, 2.05) is 31.2 Å². The lowest BCUT2D eigenvalue weighted by atomic mass is 10.2. The first kappa shape index (κ1) is 15.5. The first-order valence-electron chi connectivity index (χ1n) is 6.16. The Balaban J connectivity index is 2.02. The number of carbonyl (C=O) groups is 1. The van der Waals surface area contributed by atoms with Crippen LogP contribution in [0.5, 0.6) is 0 Å². The van der Waals surface area contributed by atoms with Crippen LogP contribution in [0, 0.1) is 0 Å². The number of hydrogen-bond acceptors (Lipinski definition) is 3. The summed E-state index contributed by atoms with van der Waals surface area (Å²) in [6, 6.07) is 9.60. The number of nitrogens with one attached hydrogen (secondary N) is 2. The van der Waals surface area contributed by atoms with Crippen molar-refractivity contribution in [2.75, 3.05) is 11.9 Å². The summed E-state index contributed by atoms with van der Waals surface area (Å²) in [6.07, 6.45) is 0. The molecule has 0 bridgehead atoms. The van der Waals surface area contributed by atoms with E-state index in [-0.39, 0.29) is 5.91 Å². The van der Waals surface area contributed by atoms with Crippen molar-refractivity contribution in [1.29, 1.82) is 0 Å². The lowest BCUT2D eigenvalue weighted by Gasteiger charge is -2.07. The van der Waals surface area contributed by atoms with Gasteiger partial charge in [-0.15, -0.1) is 11.3 Å². The maximum Gasteiger partial charge on any atom is 0.251 e. The van der Waals surface area contributed by atoms with Crippen molar-refractivity contribution in [3.63, 3.8) is 0 Å². The molecule has 20 heavy (non-hydrogen) atoms. The zero-order valence-electron chi connectivity index (χ0n) is 10.9. The van der Waals surface area contributed by atoms with E-state index in [1.165, 1.54) is 4.88 Å². The zero-order chi connectivity index (χ0) is 14.5. The largest absolute Gasteiger partial charge is 0.380 e. The molecule has 3 nitrogen and oxygen atoms in total. The van der Waals surface area contributed by atoms with E-state index < -0.39 is 0 Å². The van der Waals surface area contributed by atoms with Crippen molar-refractivity contribution in [3.8, 4) is 0 Å². The van der Waals surface area contributed by atoms with Crippen LogP contribution in [0.4, 0.5) is 5.69 Å². The standard InChI is InChI=1S/C14H14Br2N2OS/c1-2-17-14(19)9-4-3-5-10(6-9)18-8-11-7-12(15)13(16)20-11/h3-7,18H,2,8H2,1H3,(H,17,19). The highest BCUT2D eigenvalue weighted by atomic mass is 79.9. The molecule has 0 unspecified atom stereocenters. The average Bonchev–Trinajstić information content (AvgIpc) is 2.76. The summed E-state index contributed by atoms with van der Waals surface area (Å²) in [6.45, 7) is 3.27. The summed E-state index contributed by atoms with van der Waals surface area (Å²) in [7, 11) is 0. The smallest absolute Gasteiger partial charge is 0.251 e. The van der Waals surface area contributed by atoms with Gasteiger partial charge in [0.1, 0.15) is 0 Å². The molecule has 1 aromatic heterocycles. The van der Waals surface area contributed by atoms with Crippen molar-refractivity contribution in [1.82, 2.24) is 5.32 Å². The van der Waals surface area contributed by atoms with Crippen LogP contribution < -0.4 is 10.6 Å². The number of rotatable bonds is 5. The molecule has 0 aliphatic carbocycles. The Morgan fingerprint density at radius 2 is 2.10 bits per heavy atom. The van der Waals surface area contributed by atoms with Crippen LogP contribution in [0.15, 0.2) is 38.6 Å². The van der Waals surface area contributed by atoms with E-state index in [0.29, 0.717) is 12.1 Å². The van der Waals surface area contributed by atoms with E-state index in [0.717, 1.165) is 20.5 Å². The van der Waals surface area contributed by atoms with Gasteiger partial charge in [-0.25, -0.2) is 0 Å². The Morgan fingerprint density at radius 3 is 2.75 bits per heavy atom. The average molecular weight is 418 g/mol. The topological polar surface area (TPSA) is 41.1 Å². The molecular formula is C14H14Br2N2OS. The highest BCUT2D eigenvalue weighted by molar-refractivity contribution is 9.13. The number of halogens is 2. The van der Waals surface area contributed by atoms with Crippen molar-refractivity contribution < 1.29 is 4.79 Å². The fraction of sp³-hybridized carbons (Fsp3) is 0.214. The Labute approximate surface area is 139 Å². The summed E-state index contributed by atoms with van der Waals surface area (Å²) in [5, 5.41) is 6.12. The molecule has 0 spiro atoms. The van der Waals surface area contributed by atoms with Crippen LogP contribution in [0.25, 0.3) is 0 Å². The monoisotopic (exact) mass is 416 g/mol. The van der Waals surface area contributed by atoms with Crippen LogP contribution in [0.2, 0.25) is 0 Å². The van der Waals surface area contributed by atoms with Gasteiger partial charge in [-0.3, -0.25) is 4.79 Å². The second-order valence-corrected chi connectivity index (χ2v) is 7.44. The molecule has 2 aromatic rings. The first-order chi connectivity index (χ1) is 9.60. The van der Waals surface area contributed by atoms with Crippen molar-refractivity contribution in [3.05, 3.63) is 49.0 Å². The van der Waals surface area contributed by atoms with Gasteiger partial charge in [0.2, 0.25) is 0 Å². The molecule has 6 heteroatoms. The molecule has 0 saturated heterocycles. The van der Waals surface area contributed by atoms with Gasteiger partial charge in [-0.05, 0) is 63.0 Å².